The van der Waals surface area contributed by atoms with Crippen LogP contribution in [0.3, 0.4) is 0 Å². The number of amides is 2. The molecule has 0 radical (unpaired) electrons. The molecule has 1 rings (SSSR count). The molecule has 0 fully saturated rings. The SMILES string of the molecule is CCN(CC)CCNC(=O)N(CCS(=O)(=O)c1ccc(C(C)(C)C)cc1)C(C)C.O=C(O)/C=C\C(=O)O. The number of benzene rings is 1. The predicted octanol–water partition coefficient (Wildman–Crippen LogP) is 3.23. The number of nitrogens with zero attached hydrogens (tertiary/aromatic N) is 2. The Bertz CT molecular complexity index is 978. The van der Waals surface area contributed by atoms with Gasteiger partial charge in [-0.15, -0.1) is 0 Å². The molecule has 2 amide bonds. The molecule has 1 aromatic rings. The second kappa shape index (κ2) is 16.0. The lowest BCUT2D eigenvalue weighted by atomic mass is 9.87. The zero-order valence-corrected chi connectivity index (χ0v) is 23.8. The van der Waals surface area contributed by atoms with Crippen LogP contribution in [-0.2, 0) is 24.8 Å². The van der Waals surface area contributed by atoms with Crippen molar-refractivity contribution in [2.75, 3.05) is 38.5 Å². The van der Waals surface area contributed by atoms with Gasteiger partial charge in [-0.1, -0.05) is 46.8 Å². The van der Waals surface area contributed by atoms with Gasteiger partial charge >= 0.3 is 18.0 Å². The number of hydrogen-bond donors (Lipinski definition) is 3. The van der Waals surface area contributed by atoms with Crippen molar-refractivity contribution in [3.8, 4) is 0 Å². The van der Waals surface area contributed by atoms with Crippen LogP contribution in [0.4, 0.5) is 4.79 Å². The van der Waals surface area contributed by atoms with E-state index in [2.05, 4.69) is 44.8 Å². The Labute approximate surface area is 221 Å². The first kappa shape index (κ1) is 34.1. The van der Waals surface area contributed by atoms with E-state index < -0.39 is 21.8 Å². The van der Waals surface area contributed by atoms with Crippen LogP contribution in [0.2, 0.25) is 0 Å². The third-order valence-corrected chi connectivity index (χ3v) is 7.24. The number of urea groups is 1. The first-order valence-corrected chi connectivity index (χ1v) is 13.9. The van der Waals surface area contributed by atoms with Gasteiger partial charge in [-0.3, -0.25) is 0 Å². The fourth-order valence-electron chi connectivity index (χ4n) is 3.20. The topological polar surface area (TPSA) is 144 Å². The van der Waals surface area contributed by atoms with E-state index in [1.807, 2.05) is 26.0 Å². The summed E-state index contributed by atoms with van der Waals surface area (Å²) in [5, 5.41) is 18.5. The van der Waals surface area contributed by atoms with Crippen molar-refractivity contribution >= 4 is 27.8 Å². The van der Waals surface area contributed by atoms with Gasteiger partial charge in [-0.2, -0.15) is 0 Å². The molecule has 0 aliphatic heterocycles. The van der Waals surface area contributed by atoms with Crippen LogP contribution in [0, 0.1) is 0 Å². The molecule has 210 valence electrons. The van der Waals surface area contributed by atoms with Crippen LogP contribution >= 0.6 is 0 Å². The summed E-state index contributed by atoms with van der Waals surface area (Å²) in [6.45, 7) is 17.6. The van der Waals surface area contributed by atoms with Gasteiger partial charge in [0.15, 0.2) is 9.84 Å². The maximum Gasteiger partial charge on any atom is 0.328 e. The smallest absolute Gasteiger partial charge is 0.328 e. The van der Waals surface area contributed by atoms with E-state index in [1.54, 1.807) is 17.0 Å². The van der Waals surface area contributed by atoms with E-state index in [9.17, 15) is 22.8 Å². The Morgan fingerprint density at radius 2 is 1.43 bits per heavy atom. The van der Waals surface area contributed by atoms with E-state index in [0.29, 0.717) is 23.6 Å². The van der Waals surface area contributed by atoms with Gasteiger partial charge in [-0.05, 0) is 50.0 Å². The molecule has 0 aliphatic rings. The van der Waals surface area contributed by atoms with E-state index in [4.69, 9.17) is 10.2 Å². The number of carbonyl (C=O) groups is 3. The van der Waals surface area contributed by atoms with Crippen molar-refractivity contribution in [3.05, 3.63) is 42.0 Å². The summed E-state index contributed by atoms with van der Waals surface area (Å²) in [6.07, 6.45) is 1.12. The second-order valence-electron chi connectivity index (χ2n) is 9.65. The molecule has 0 spiro atoms. The van der Waals surface area contributed by atoms with Gasteiger partial charge in [0.2, 0.25) is 0 Å². The van der Waals surface area contributed by atoms with Crippen molar-refractivity contribution in [2.45, 2.75) is 64.8 Å². The predicted molar refractivity (Wildman–Crippen MR) is 145 cm³/mol. The number of carboxylic acid groups (broad SMARTS) is 2. The molecule has 0 bridgehead atoms. The molecule has 0 saturated heterocycles. The average molecular weight is 542 g/mol. The highest BCUT2D eigenvalue weighted by Crippen LogP contribution is 2.23. The maximum absolute atomic E-state index is 12.8. The highest BCUT2D eigenvalue weighted by atomic mass is 32.2. The van der Waals surface area contributed by atoms with Crippen LogP contribution in [0.15, 0.2) is 41.3 Å². The molecule has 0 atom stereocenters. The molecule has 0 unspecified atom stereocenters. The third-order valence-electron chi connectivity index (χ3n) is 5.53. The average Bonchev–Trinajstić information content (AvgIpc) is 2.80. The summed E-state index contributed by atoms with van der Waals surface area (Å²) in [6, 6.07) is 6.77. The lowest BCUT2D eigenvalue weighted by Crippen LogP contribution is -2.47. The molecule has 1 aromatic carbocycles. The van der Waals surface area contributed by atoms with Crippen molar-refractivity contribution in [3.63, 3.8) is 0 Å². The fourth-order valence-corrected chi connectivity index (χ4v) is 4.42. The van der Waals surface area contributed by atoms with E-state index in [0.717, 1.165) is 25.2 Å². The minimum atomic E-state index is -3.46. The maximum atomic E-state index is 12.8. The number of carbonyl (C=O) groups excluding carboxylic acids is 1. The quantitative estimate of drug-likeness (QED) is 0.342. The summed E-state index contributed by atoms with van der Waals surface area (Å²) in [5.74, 6) is -2.61. The van der Waals surface area contributed by atoms with E-state index in [1.165, 1.54) is 0 Å². The van der Waals surface area contributed by atoms with Crippen LogP contribution in [0.1, 0.15) is 54.0 Å². The van der Waals surface area contributed by atoms with Crippen LogP contribution in [-0.4, -0.2) is 90.9 Å². The Morgan fingerprint density at radius 3 is 1.81 bits per heavy atom. The number of sulfone groups is 1. The van der Waals surface area contributed by atoms with Crippen molar-refractivity contribution in [1.29, 1.82) is 0 Å². The molecule has 37 heavy (non-hydrogen) atoms. The van der Waals surface area contributed by atoms with Gasteiger partial charge in [0.1, 0.15) is 0 Å². The second-order valence-corrected chi connectivity index (χ2v) is 11.8. The lowest BCUT2D eigenvalue weighted by Gasteiger charge is -2.27. The third kappa shape index (κ3) is 13.8. The zero-order valence-electron chi connectivity index (χ0n) is 23.0. The summed E-state index contributed by atoms with van der Waals surface area (Å²) < 4.78 is 25.5. The molecule has 10 nitrogen and oxygen atoms in total. The van der Waals surface area contributed by atoms with Crippen molar-refractivity contribution < 1.29 is 33.0 Å². The van der Waals surface area contributed by atoms with E-state index >= 15 is 0 Å². The summed E-state index contributed by atoms with van der Waals surface area (Å²) >= 11 is 0. The first-order chi connectivity index (χ1) is 17.0. The highest BCUT2D eigenvalue weighted by molar-refractivity contribution is 7.91. The minimum absolute atomic E-state index is 0.0278. The zero-order chi connectivity index (χ0) is 28.8. The first-order valence-electron chi connectivity index (χ1n) is 12.3. The molecule has 0 aliphatic carbocycles. The molecular weight excluding hydrogens is 498 g/mol. The molecule has 11 heteroatoms. The molecular formula is C26H43N3O7S. The molecule has 3 N–H and O–H groups in total. The standard InChI is InChI=1S/C22H39N3O3S.C4H4O4/c1-8-24(9-2)15-14-23-21(26)25(18(3)4)16-17-29(27,28)20-12-10-19(11-13-20)22(5,6)7;5-3(6)1-2-4(7)8/h10-13,18H,8-9,14-17H2,1-7H3,(H,23,26);1-2H,(H,5,6)(H,7,8)/b;2-1-. The van der Waals surface area contributed by atoms with Crippen molar-refractivity contribution in [2.24, 2.45) is 0 Å². The Morgan fingerprint density at radius 1 is 0.946 bits per heavy atom. The van der Waals surface area contributed by atoms with Crippen LogP contribution in [0.25, 0.3) is 0 Å². The summed E-state index contributed by atoms with van der Waals surface area (Å²) in [5.41, 5.74) is 1.06. The van der Waals surface area contributed by atoms with Gasteiger partial charge in [-0.25, -0.2) is 22.8 Å². The summed E-state index contributed by atoms with van der Waals surface area (Å²) in [7, 11) is -3.46. The number of nitrogens with one attached hydrogen (secondary N) is 1. The largest absolute Gasteiger partial charge is 0.478 e. The van der Waals surface area contributed by atoms with Gasteiger partial charge in [0.05, 0.1) is 10.6 Å². The fraction of sp³-hybridized carbons (Fsp3) is 0.577. The lowest BCUT2D eigenvalue weighted by molar-refractivity contribution is -0.134. The van der Waals surface area contributed by atoms with Gasteiger partial charge in [0, 0.05) is 37.8 Å². The number of hydrogen-bond acceptors (Lipinski definition) is 6. The van der Waals surface area contributed by atoms with Gasteiger partial charge < -0.3 is 25.3 Å². The number of rotatable bonds is 12. The Balaban J connectivity index is 0.00000139. The highest BCUT2D eigenvalue weighted by Gasteiger charge is 2.22. The molecule has 0 heterocycles. The molecule has 0 saturated carbocycles. The monoisotopic (exact) mass is 541 g/mol. The molecule has 0 aromatic heterocycles. The number of carboxylic acids is 2. The number of aliphatic carboxylic acids is 2. The minimum Gasteiger partial charge on any atom is -0.478 e. The Kier molecular flexibility index (Phi) is 14.8. The van der Waals surface area contributed by atoms with Crippen LogP contribution in [0.5, 0.6) is 0 Å². The summed E-state index contributed by atoms with van der Waals surface area (Å²) in [4.78, 5) is 35.8. The van der Waals surface area contributed by atoms with Crippen molar-refractivity contribution in [1.82, 2.24) is 15.1 Å². The van der Waals surface area contributed by atoms with Gasteiger partial charge in [0.25, 0.3) is 0 Å². The number of likely N-dealkylation sites (N-methyl/N-ethyl adjacent to an activating group) is 1. The Hall–Kier alpha value is -2.92. The normalized spacial score (nSPS) is 11.8. The van der Waals surface area contributed by atoms with E-state index in [-0.39, 0.29) is 29.8 Å². The van der Waals surface area contributed by atoms with Crippen LogP contribution < -0.4 is 5.32 Å².